The topological polar surface area (TPSA) is 44.9 Å². The van der Waals surface area contributed by atoms with Gasteiger partial charge in [0.2, 0.25) is 5.82 Å². The molecule has 0 radical (unpaired) electrons. The summed E-state index contributed by atoms with van der Waals surface area (Å²) in [5.74, 6) is -0.773. The van der Waals surface area contributed by atoms with Gasteiger partial charge in [-0.1, -0.05) is 0 Å². The number of hydrogen-bond acceptors (Lipinski definition) is 2. The predicted octanol–water partition coefficient (Wildman–Crippen LogP) is 0.556. The first kappa shape index (κ1) is 6.80. The summed E-state index contributed by atoms with van der Waals surface area (Å²) < 4.78 is 12.6. The lowest BCUT2D eigenvalue weighted by Gasteiger charge is -1.97. The molecule has 0 amide bonds. The van der Waals surface area contributed by atoms with E-state index in [4.69, 9.17) is 0 Å². The van der Waals surface area contributed by atoms with Crippen LogP contribution < -0.4 is 10.9 Å². The van der Waals surface area contributed by atoms with Gasteiger partial charge in [0, 0.05) is 13.2 Å². The van der Waals surface area contributed by atoms with E-state index in [-0.39, 0.29) is 5.69 Å². The standard InChI is InChI=1S/C6H7FN2O/c1-8-4-2-3-9-6(10)5(4)7/h2-3H,1H3,(H2,8,9,10). The second kappa shape index (κ2) is 2.51. The number of aromatic amines is 1. The molecule has 0 bridgehead atoms. The molecule has 0 spiro atoms. The van der Waals surface area contributed by atoms with Crippen LogP contribution in [-0.4, -0.2) is 12.0 Å². The second-order valence-electron chi connectivity index (χ2n) is 1.78. The molecule has 1 aromatic rings. The minimum atomic E-state index is -0.773. The first-order valence-electron chi connectivity index (χ1n) is 2.80. The molecule has 0 fully saturated rings. The van der Waals surface area contributed by atoms with E-state index < -0.39 is 11.4 Å². The maximum Gasteiger partial charge on any atom is 0.286 e. The summed E-state index contributed by atoms with van der Waals surface area (Å²) in [7, 11) is 1.55. The van der Waals surface area contributed by atoms with Gasteiger partial charge in [-0.05, 0) is 6.07 Å². The largest absolute Gasteiger partial charge is 0.386 e. The highest BCUT2D eigenvalue weighted by Crippen LogP contribution is 2.04. The van der Waals surface area contributed by atoms with E-state index in [0.717, 1.165) is 0 Å². The number of hydrogen-bond donors (Lipinski definition) is 2. The number of nitrogens with one attached hydrogen (secondary N) is 2. The third-order valence-corrected chi connectivity index (χ3v) is 1.17. The van der Waals surface area contributed by atoms with E-state index in [1.165, 1.54) is 12.3 Å². The Bertz CT molecular complexity index is 281. The maximum atomic E-state index is 12.6. The highest BCUT2D eigenvalue weighted by molar-refractivity contribution is 5.41. The van der Waals surface area contributed by atoms with E-state index >= 15 is 0 Å². The van der Waals surface area contributed by atoms with E-state index in [9.17, 15) is 9.18 Å². The molecule has 0 aliphatic heterocycles. The zero-order chi connectivity index (χ0) is 7.56. The molecule has 4 heteroatoms. The quantitative estimate of drug-likeness (QED) is 0.601. The van der Waals surface area contributed by atoms with Gasteiger partial charge in [0.15, 0.2) is 0 Å². The summed E-state index contributed by atoms with van der Waals surface area (Å²) in [4.78, 5) is 12.7. The van der Waals surface area contributed by atoms with Crippen LogP contribution in [-0.2, 0) is 0 Å². The Balaban J connectivity index is 3.28. The van der Waals surface area contributed by atoms with Crippen molar-refractivity contribution in [2.75, 3.05) is 12.4 Å². The number of pyridine rings is 1. The van der Waals surface area contributed by atoms with Gasteiger partial charge in [0.25, 0.3) is 5.56 Å². The SMILES string of the molecule is CNc1cc[nH]c(=O)c1F. The first-order valence-corrected chi connectivity index (χ1v) is 2.80. The first-order chi connectivity index (χ1) is 4.75. The van der Waals surface area contributed by atoms with Crippen LogP contribution in [0.2, 0.25) is 0 Å². The van der Waals surface area contributed by atoms with Gasteiger partial charge < -0.3 is 10.3 Å². The number of rotatable bonds is 1. The van der Waals surface area contributed by atoms with Gasteiger partial charge in [-0.2, -0.15) is 4.39 Å². The Hall–Kier alpha value is -1.32. The molecule has 0 aromatic carbocycles. The van der Waals surface area contributed by atoms with Crippen LogP contribution >= 0.6 is 0 Å². The van der Waals surface area contributed by atoms with Crippen LogP contribution in [0.25, 0.3) is 0 Å². The summed E-state index contributed by atoms with van der Waals surface area (Å²) in [6, 6.07) is 1.46. The van der Waals surface area contributed by atoms with Gasteiger partial charge in [0.1, 0.15) is 0 Å². The molecule has 1 rings (SSSR count). The number of anilines is 1. The molecular formula is C6H7FN2O. The van der Waals surface area contributed by atoms with Crippen LogP contribution in [0.15, 0.2) is 17.1 Å². The molecule has 0 saturated heterocycles. The molecule has 3 nitrogen and oxygen atoms in total. The van der Waals surface area contributed by atoms with Crippen LogP contribution in [0.5, 0.6) is 0 Å². The normalized spacial score (nSPS) is 9.40. The summed E-state index contributed by atoms with van der Waals surface area (Å²) >= 11 is 0. The Morgan fingerprint density at radius 2 is 2.40 bits per heavy atom. The molecule has 1 heterocycles. The molecule has 54 valence electrons. The van der Waals surface area contributed by atoms with Crippen molar-refractivity contribution in [3.05, 3.63) is 28.4 Å². The predicted molar refractivity (Wildman–Crippen MR) is 36.6 cm³/mol. The van der Waals surface area contributed by atoms with Crippen LogP contribution in [0.3, 0.4) is 0 Å². The highest BCUT2D eigenvalue weighted by Gasteiger charge is 2.01. The fourth-order valence-corrected chi connectivity index (χ4v) is 0.653. The van der Waals surface area contributed by atoms with E-state index in [0.29, 0.717) is 0 Å². The van der Waals surface area contributed by atoms with Crippen molar-refractivity contribution >= 4 is 5.69 Å². The van der Waals surface area contributed by atoms with Crippen molar-refractivity contribution in [3.8, 4) is 0 Å². The molecule has 0 aliphatic rings. The van der Waals surface area contributed by atoms with Crippen molar-refractivity contribution in [3.63, 3.8) is 0 Å². The molecule has 0 aliphatic carbocycles. The summed E-state index contributed by atoms with van der Waals surface area (Å²) in [6.07, 6.45) is 1.39. The summed E-state index contributed by atoms with van der Waals surface area (Å²) in [5.41, 5.74) is -0.490. The van der Waals surface area contributed by atoms with Crippen LogP contribution in [0.1, 0.15) is 0 Å². The fourth-order valence-electron chi connectivity index (χ4n) is 0.653. The Morgan fingerprint density at radius 3 is 2.90 bits per heavy atom. The molecule has 0 unspecified atom stereocenters. The Kier molecular flexibility index (Phi) is 1.71. The molecule has 0 atom stereocenters. The van der Waals surface area contributed by atoms with Gasteiger partial charge in [-0.15, -0.1) is 0 Å². The molecule has 1 aromatic heterocycles. The second-order valence-corrected chi connectivity index (χ2v) is 1.78. The van der Waals surface area contributed by atoms with Gasteiger partial charge >= 0.3 is 0 Å². The molecule has 10 heavy (non-hydrogen) atoms. The molecule has 2 N–H and O–H groups in total. The molecule has 0 saturated carbocycles. The van der Waals surface area contributed by atoms with Crippen molar-refractivity contribution in [1.82, 2.24) is 4.98 Å². The number of halogens is 1. The highest BCUT2D eigenvalue weighted by atomic mass is 19.1. The summed E-state index contributed by atoms with van der Waals surface area (Å²) in [5, 5.41) is 2.54. The lowest BCUT2D eigenvalue weighted by atomic mass is 10.4. The Morgan fingerprint density at radius 1 is 1.70 bits per heavy atom. The number of aromatic nitrogens is 1. The Labute approximate surface area is 56.9 Å². The van der Waals surface area contributed by atoms with E-state index in [1.54, 1.807) is 7.05 Å². The maximum absolute atomic E-state index is 12.6. The monoisotopic (exact) mass is 142 g/mol. The lowest BCUT2D eigenvalue weighted by Crippen LogP contribution is -2.11. The zero-order valence-corrected chi connectivity index (χ0v) is 5.44. The van der Waals surface area contributed by atoms with Gasteiger partial charge in [-0.25, -0.2) is 0 Å². The van der Waals surface area contributed by atoms with E-state index in [2.05, 4.69) is 10.3 Å². The lowest BCUT2D eigenvalue weighted by molar-refractivity contribution is 0.612. The van der Waals surface area contributed by atoms with Gasteiger partial charge in [-0.3, -0.25) is 4.79 Å². The zero-order valence-electron chi connectivity index (χ0n) is 5.44. The van der Waals surface area contributed by atoms with Crippen LogP contribution in [0, 0.1) is 5.82 Å². The minimum Gasteiger partial charge on any atom is -0.386 e. The smallest absolute Gasteiger partial charge is 0.286 e. The number of H-pyrrole nitrogens is 1. The van der Waals surface area contributed by atoms with Crippen molar-refractivity contribution in [1.29, 1.82) is 0 Å². The van der Waals surface area contributed by atoms with Crippen molar-refractivity contribution < 1.29 is 4.39 Å². The minimum absolute atomic E-state index is 0.212. The summed E-state index contributed by atoms with van der Waals surface area (Å²) in [6.45, 7) is 0. The van der Waals surface area contributed by atoms with Crippen molar-refractivity contribution in [2.24, 2.45) is 0 Å². The average molecular weight is 142 g/mol. The molecular weight excluding hydrogens is 135 g/mol. The van der Waals surface area contributed by atoms with Crippen molar-refractivity contribution in [2.45, 2.75) is 0 Å². The third-order valence-electron chi connectivity index (χ3n) is 1.17. The fraction of sp³-hybridized carbons (Fsp3) is 0.167. The average Bonchev–Trinajstić information content (AvgIpc) is 1.95. The van der Waals surface area contributed by atoms with Gasteiger partial charge in [0.05, 0.1) is 5.69 Å². The van der Waals surface area contributed by atoms with Crippen LogP contribution in [0.4, 0.5) is 10.1 Å². The van der Waals surface area contributed by atoms with E-state index in [1.807, 2.05) is 0 Å². The third kappa shape index (κ3) is 1.00.